The topological polar surface area (TPSA) is 203 Å². The highest BCUT2D eigenvalue weighted by atomic mass is 19.3. The number of ether oxygens (including phenoxy) is 1. The number of carboxylic acids is 2. The van der Waals surface area contributed by atoms with Crippen LogP contribution in [0.3, 0.4) is 0 Å². The van der Waals surface area contributed by atoms with Crippen molar-refractivity contribution in [3.63, 3.8) is 0 Å². The molecule has 0 radical (unpaired) electrons. The smallest absolute Gasteiger partial charge is 0.317 e. The summed E-state index contributed by atoms with van der Waals surface area (Å²) in [7, 11) is 0. The van der Waals surface area contributed by atoms with E-state index < -0.39 is 55.2 Å². The van der Waals surface area contributed by atoms with E-state index in [0.29, 0.717) is 95.1 Å². The summed E-state index contributed by atoms with van der Waals surface area (Å²) in [4.78, 5) is 76.2. The van der Waals surface area contributed by atoms with Gasteiger partial charge in [0, 0.05) is 90.0 Å². The predicted molar refractivity (Wildman–Crippen MR) is 192 cm³/mol. The van der Waals surface area contributed by atoms with Gasteiger partial charge in [-0.1, -0.05) is 0 Å². The maximum absolute atomic E-state index is 13.8. The molecule has 3 saturated heterocycles. The Kier molecular flexibility index (Phi) is 14.2. The van der Waals surface area contributed by atoms with Gasteiger partial charge in [0.05, 0.1) is 56.5 Å². The Labute approximate surface area is 317 Å². The van der Waals surface area contributed by atoms with Gasteiger partial charge in [-0.3, -0.25) is 48.6 Å². The van der Waals surface area contributed by atoms with Gasteiger partial charge in [0.1, 0.15) is 11.8 Å². The van der Waals surface area contributed by atoms with E-state index in [4.69, 9.17) is 4.74 Å². The highest BCUT2D eigenvalue weighted by molar-refractivity contribution is 6.07. The van der Waals surface area contributed by atoms with Crippen LogP contribution < -0.4 is 10.1 Å². The molecule has 0 unspecified atom stereocenters. The minimum absolute atomic E-state index is 0.0221. The number of benzene rings is 1. The molecular weight excluding hydrogens is 724 g/mol. The van der Waals surface area contributed by atoms with Gasteiger partial charge in [-0.05, 0) is 30.7 Å². The van der Waals surface area contributed by atoms with Crippen LogP contribution in [0.5, 0.6) is 5.75 Å². The van der Waals surface area contributed by atoms with Crippen LogP contribution in [-0.4, -0.2) is 198 Å². The van der Waals surface area contributed by atoms with Crippen molar-refractivity contribution in [2.45, 2.75) is 24.8 Å². The van der Waals surface area contributed by atoms with E-state index in [0.717, 1.165) is 11.4 Å². The van der Waals surface area contributed by atoms with Crippen LogP contribution in [0.15, 0.2) is 30.5 Å². The zero-order valence-electron chi connectivity index (χ0n) is 30.6. The lowest BCUT2D eigenvalue weighted by Gasteiger charge is -2.36. The van der Waals surface area contributed by atoms with E-state index in [1.54, 1.807) is 34.1 Å². The van der Waals surface area contributed by atoms with Crippen molar-refractivity contribution in [1.82, 2.24) is 39.7 Å². The number of aromatic nitrogens is 1. The highest BCUT2D eigenvalue weighted by Gasteiger charge is 2.47. The first-order valence-corrected chi connectivity index (χ1v) is 18.3. The largest absolute Gasteiger partial charge is 0.494 e. The molecule has 2 aromatic rings. The van der Waals surface area contributed by atoms with Gasteiger partial charge in [0.2, 0.25) is 11.8 Å². The van der Waals surface area contributed by atoms with Crippen molar-refractivity contribution in [2.24, 2.45) is 0 Å². The Morgan fingerprint density at radius 1 is 0.855 bits per heavy atom. The van der Waals surface area contributed by atoms with Crippen molar-refractivity contribution < 1.29 is 47.7 Å². The fraction of sp³-hybridized carbons (Fsp3) is 0.583. The SMILES string of the molecule is N#C[C@@H]1CC(F)(F)CN1C(=O)CNC(=O)c1ccnc2ccc(OCCCN3CCN(C(=O)CN4CCN(CC(=O)O)CCN(CC(=O)O)CC4)CC3)cc12. The Bertz CT molecular complexity index is 1730. The average molecular weight is 772 g/mol. The van der Waals surface area contributed by atoms with Crippen LogP contribution in [0, 0.1) is 11.3 Å². The summed E-state index contributed by atoms with van der Waals surface area (Å²) in [5.41, 5.74) is 0.742. The van der Waals surface area contributed by atoms with Crippen molar-refractivity contribution >= 4 is 40.6 Å². The third-order valence-electron chi connectivity index (χ3n) is 9.98. The average Bonchev–Trinajstić information content (AvgIpc) is 3.52. The first-order valence-electron chi connectivity index (χ1n) is 18.3. The molecule has 0 saturated carbocycles. The van der Waals surface area contributed by atoms with Gasteiger partial charge in [-0.2, -0.15) is 5.26 Å². The monoisotopic (exact) mass is 771 g/mol. The van der Waals surface area contributed by atoms with Crippen LogP contribution in [0.25, 0.3) is 10.9 Å². The van der Waals surface area contributed by atoms with Crippen LogP contribution in [0.4, 0.5) is 8.78 Å². The van der Waals surface area contributed by atoms with Crippen LogP contribution >= 0.6 is 0 Å². The molecular formula is C36H47F2N9O8. The molecule has 3 aliphatic rings. The summed E-state index contributed by atoms with van der Waals surface area (Å²) in [5, 5.41) is 30.7. The molecule has 1 aromatic heterocycles. The molecule has 19 heteroatoms. The molecule has 0 aliphatic carbocycles. The number of aliphatic carboxylic acids is 2. The fourth-order valence-corrected chi connectivity index (χ4v) is 6.99. The van der Waals surface area contributed by atoms with E-state index >= 15 is 0 Å². The summed E-state index contributed by atoms with van der Waals surface area (Å²) in [5.74, 6) is -5.96. The lowest BCUT2D eigenvalue weighted by atomic mass is 10.1. The standard InChI is InChI=1S/C36H47F2N9O8/c37-36(38)19-26(20-39)47(25-36)31(48)21-41-35(54)28-4-5-40-30-3-2-27(18-29(28)30)55-17-1-6-42-13-15-46(16-14-42)32(49)22-43-7-9-44(23-33(50)51)11-12-45(10-8-43)24-34(52)53/h2-5,18,26H,1,6-17,19,21-25H2,(H,41,54)(H,50,51)(H,52,53)/t26-/m0/s1. The van der Waals surface area contributed by atoms with E-state index in [9.17, 15) is 48.2 Å². The lowest BCUT2D eigenvalue weighted by Crippen LogP contribution is -2.52. The molecule has 5 rings (SSSR count). The van der Waals surface area contributed by atoms with E-state index in [1.807, 2.05) is 9.80 Å². The molecule has 0 bridgehead atoms. The number of rotatable bonds is 14. The number of amides is 3. The molecule has 55 heavy (non-hydrogen) atoms. The summed E-state index contributed by atoms with van der Waals surface area (Å²) >= 11 is 0. The highest BCUT2D eigenvalue weighted by Crippen LogP contribution is 2.31. The van der Waals surface area contributed by atoms with Crippen LogP contribution in [0.2, 0.25) is 0 Å². The van der Waals surface area contributed by atoms with E-state index in [-0.39, 0.29) is 31.1 Å². The quantitative estimate of drug-likeness (QED) is 0.212. The molecule has 3 aliphatic heterocycles. The Hall–Kier alpha value is -5.03. The number of halogens is 2. The molecule has 3 N–H and O–H groups in total. The minimum Gasteiger partial charge on any atom is -0.494 e. The summed E-state index contributed by atoms with van der Waals surface area (Å²) < 4.78 is 33.5. The number of carboxylic acid groups (broad SMARTS) is 2. The molecule has 17 nitrogen and oxygen atoms in total. The van der Waals surface area contributed by atoms with Crippen molar-refractivity contribution in [1.29, 1.82) is 5.26 Å². The molecule has 1 atom stereocenters. The number of nitriles is 1. The first-order chi connectivity index (χ1) is 26.3. The molecule has 1 aromatic carbocycles. The number of pyridine rings is 1. The third-order valence-corrected chi connectivity index (χ3v) is 9.98. The molecule has 0 spiro atoms. The number of nitrogens with zero attached hydrogens (tertiary/aromatic N) is 8. The number of carbonyl (C=O) groups excluding carboxylic acids is 3. The number of alkyl halides is 2. The van der Waals surface area contributed by atoms with Gasteiger partial charge >= 0.3 is 11.9 Å². The Morgan fingerprint density at radius 3 is 2.05 bits per heavy atom. The van der Waals surface area contributed by atoms with Crippen molar-refractivity contribution in [3.8, 4) is 11.8 Å². The normalized spacial score (nSPS) is 20.3. The number of piperazine rings is 1. The lowest BCUT2D eigenvalue weighted by molar-refractivity contribution is -0.140. The second-order valence-electron chi connectivity index (χ2n) is 14.0. The Balaban J connectivity index is 1.05. The van der Waals surface area contributed by atoms with E-state index in [2.05, 4.69) is 15.2 Å². The summed E-state index contributed by atoms with van der Waals surface area (Å²) in [6.45, 7) is 4.83. The maximum atomic E-state index is 13.8. The molecule has 3 fully saturated rings. The van der Waals surface area contributed by atoms with Gasteiger partial charge < -0.3 is 30.1 Å². The zero-order valence-corrected chi connectivity index (χ0v) is 30.6. The Morgan fingerprint density at radius 2 is 1.45 bits per heavy atom. The second-order valence-corrected chi connectivity index (χ2v) is 14.0. The zero-order chi connectivity index (χ0) is 39.5. The number of nitrogens with one attached hydrogen (secondary N) is 1. The maximum Gasteiger partial charge on any atom is 0.317 e. The second kappa shape index (κ2) is 19.0. The first kappa shape index (κ1) is 41.1. The molecule has 3 amide bonds. The van der Waals surface area contributed by atoms with Crippen molar-refractivity contribution in [2.75, 3.05) is 111 Å². The van der Waals surface area contributed by atoms with Gasteiger partial charge in [-0.25, -0.2) is 8.78 Å². The number of fused-ring (bicyclic) bond motifs is 1. The predicted octanol–water partition coefficient (Wildman–Crippen LogP) is -0.274. The van der Waals surface area contributed by atoms with Crippen LogP contribution in [0.1, 0.15) is 23.2 Å². The fourth-order valence-electron chi connectivity index (χ4n) is 6.99. The summed E-state index contributed by atoms with van der Waals surface area (Å²) in [6, 6.07) is 7.07. The van der Waals surface area contributed by atoms with E-state index in [1.165, 1.54) is 12.3 Å². The minimum atomic E-state index is -3.16. The van der Waals surface area contributed by atoms with Crippen LogP contribution in [-0.2, 0) is 19.2 Å². The van der Waals surface area contributed by atoms with Gasteiger partial charge in [0.15, 0.2) is 0 Å². The third kappa shape index (κ3) is 12.0. The summed E-state index contributed by atoms with van der Waals surface area (Å²) in [6.07, 6.45) is 1.41. The van der Waals surface area contributed by atoms with Crippen molar-refractivity contribution in [3.05, 3.63) is 36.0 Å². The number of hydrogen-bond donors (Lipinski definition) is 3. The van der Waals surface area contributed by atoms with Gasteiger partial charge in [0.25, 0.3) is 11.8 Å². The molecule has 298 valence electrons. The number of likely N-dealkylation sites (tertiary alicyclic amines) is 1. The van der Waals surface area contributed by atoms with Gasteiger partial charge in [-0.15, -0.1) is 0 Å². The number of carbonyl (C=O) groups is 5. The number of hydrogen-bond acceptors (Lipinski definition) is 12. The molecule has 4 heterocycles.